The van der Waals surface area contributed by atoms with Crippen molar-refractivity contribution < 1.29 is 37.5 Å². The molecule has 1 saturated carbocycles. The lowest BCUT2D eigenvalue weighted by molar-refractivity contribution is -0.171. The molecule has 8 nitrogen and oxygen atoms in total. The van der Waals surface area contributed by atoms with Gasteiger partial charge in [0.1, 0.15) is 12.1 Å². The van der Waals surface area contributed by atoms with Crippen molar-refractivity contribution in [2.24, 2.45) is 5.92 Å². The molecule has 0 bridgehead atoms. The van der Waals surface area contributed by atoms with Gasteiger partial charge in [0.25, 0.3) is 11.8 Å². The molecule has 1 unspecified atom stereocenters. The summed E-state index contributed by atoms with van der Waals surface area (Å²) in [5.41, 5.74) is -0.325. The second kappa shape index (κ2) is 8.68. The Balaban J connectivity index is 1.48. The van der Waals surface area contributed by atoms with Crippen LogP contribution < -0.4 is 10.6 Å². The van der Waals surface area contributed by atoms with Crippen molar-refractivity contribution in [2.45, 2.75) is 75.9 Å². The van der Waals surface area contributed by atoms with E-state index < -0.39 is 53.4 Å². The van der Waals surface area contributed by atoms with E-state index >= 15 is 0 Å². The maximum atomic E-state index is 13.8. The van der Waals surface area contributed by atoms with E-state index in [4.69, 9.17) is 0 Å². The SMILES string of the molecule is C[C@]1(O)CC[C@H]([C@@H](NC(=O)c2ccc3c(c2)CN(C2CCC(=O)NC2=O)C3=O)C(F)(F)F)CC1. The molecule has 184 valence electrons. The first kappa shape index (κ1) is 24.2. The van der Waals surface area contributed by atoms with Crippen molar-refractivity contribution >= 4 is 23.6 Å². The van der Waals surface area contributed by atoms with Crippen molar-refractivity contribution in [1.82, 2.24) is 15.5 Å². The maximum Gasteiger partial charge on any atom is 0.408 e. The monoisotopic (exact) mass is 481 g/mol. The molecule has 1 aliphatic carbocycles. The topological polar surface area (TPSA) is 116 Å². The van der Waals surface area contributed by atoms with Gasteiger partial charge in [0.2, 0.25) is 11.8 Å². The van der Waals surface area contributed by atoms with Crippen LogP contribution in [0.5, 0.6) is 0 Å². The molecule has 1 aromatic rings. The van der Waals surface area contributed by atoms with Crippen molar-refractivity contribution in [1.29, 1.82) is 0 Å². The van der Waals surface area contributed by atoms with Crippen molar-refractivity contribution in [2.75, 3.05) is 0 Å². The lowest BCUT2D eigenvalue weighted by Crippen LogP contribution is -2.52. The number of aliphatic hydroxyl groups is 1. The van der Waals surface area contributed by atoms with E-state index in [0.717, 1.165) is 0 Å². The van der Waals surface area contributed by atoms with E-state index in [1.165, 1.54) is 23.1 Å². The fourth-order valence-corrected chi connectivity index (χ4v) is 5.00. The number of rotatable bonds is 4. The zero-order valence-electron chi connectivity index (χ0n) is 18.6. The van der Waals surface area contributed by atoms with Crippen LogP contribution in [0.1, 0.15) is 71.7 Å². The number of carbonyl (C=O) groups is 4. The third-order valence-electron chi connectivity index (χ3n) is 7.00. The number of nitrogens with one attached hydrogen (secondary N) is 2. The first-order valence-electron chi connectivity index (χ1n) is 11.2. The first-order valence-corrected chi connectivity index (χ1v) is 11.2. The molecule has 0 spiro atoms. The third kappa shape index (κ3) is 4.79. The molecular weight excluding hydrogens is 455 g/mol. The van der Waals surface area contributed by atoms with E-state index in [-0.39, 0.29) is 56.2 Å². The van der Waals surface area contributed by atoms with Gasteiger partial charge in [-0.05, 0) is 68.7 Å². The van der Waals surface area contributed by atoms with Gasteiger partial charge in [-0.15, -0.1) is 0 Å². The smallest absolute Gasteiger partial charge is 0.390 e. The number of hydrogen-bond acceptors (Lipinski definition) is 5. The molecule has 0 aromatic heterocycles. The number of carbonyl (C=O) groups excluding carboxylic acids is 4. The number of imide groups is 1. The standard InChI is InChI=1S/C23H26F3N3O5/c1-22(34)8-6-12(7-9-22)18(23(24,25)26)28-19(31)13-2-3-15-14(10-13)11-29(21(15)33)16-4-5-17(30)27-20(16)32/h2-3,10,12,16,18,34H,4-9,11H2,1H3,(H,28,31)(H,27,30,32)/t12-,16?,18-,22-/m1/s1. The molecule has 2 aliphatic heterocycles. The van der Waals surface area contributed by atoms with Gasteiger partial charge in [0.15, 0.2) is 0 Å². The number of benzene rings is 1. The zero-order chi connectivity index (χ0) is 24.8. The first-order chi connectivity index (χ1) is 15.9. The Morgan fingerprint density at radius 3 is 2.50 bits per heavy atom. The van der Waals surface area contributed by atoms with Gasteiger partial charge in [-0.25, -0.2) is 0 Å². The van der Waals surface area contributed by atoms with Gasteiger partial charge < -0.3 is 15.3 Å². The van der Waals surface area contributed by atoms with Crippen LogP contribution in [0, 0.1) is 5.92 Å². The number of fused-ring (bicyclic) bond motifs is 1. The summed E-state index contributed by atoms with van der Waals surface area (Å²) in [7, 11) is 0. The summed E-state index contributed by atoms with van der Waals surface area (Å²) >= 11 is 0. The number of amides is 4. The normalized spacial score (nSPS) is 28.4. The molecule has 4 rings (SSSR count). The predicted molar refractivity (Wildman–Crippen MR) is 112 cm³/mol. The Labute approximate surface area is 193 Å². The molecule has 4 amide bonds. The lowest BCUT2D eigenvalue weighted by atomic mass is 9.76. The van der Waals surface area contributed by atoms with Crippen LogP contribution in [0.15, 0.2) is 18.2 Å². The van der Waals surface area contributed by atoms with Gasteiger partial charge >= 0.3 is 6.18 Å². The summed E-state index contributed by atoms with van der Waals surface area (Å²) in [5.74, 6) is -3.17. The minimum atomic E-state index is -4.65. The summed E-state index contributed by atoms with van der Waals surface area (Å²) in [6, 6.07) is 1.16. The Hall–Kier alpha value is -2.95. The summed E-state index contributed by atoms with van der Waals surface area (Å²) in [6.07, 6.45) is -3.67. The molecule has 3 aliphatic rings. The minimum Gasteiger partial charge on any atom is -0.390 e. The second-order valence-corrected chi connectivity index (χ2v) is 9.60. The van der Waals surface area contributed by atoms with Gasteiger partial charge in [-0.2, -0.15) is 13.2 Å². The van der Waals surface area contributed by atoms with Crippen LogP contribution in [-0.4, -0.2) is 57.5 Å². The van der Waals surface area contributed by atoms with Crippen LogP contribution >= 0.6 is 0 Å². The number of halogens is 3. The Morgan fingerprint density at radius 1 is 1.21 bits per heavy atom. The van der Waals surface area contributed by atoms with Gasteiger partial charge in [0, 0.05) is 24.1 Å². The Morgan fingerprint density at radius 2 is 1.88 bits per heavy atom. The number of nitrogens with zero attached hydrogens (tertiary/aromatic N) is 1. The fraction of sp³-hybridized carbons (Fsp3) is 0.565. The van der Waals surface area contributed by atoms with E-state index in [9.17, 15) is 37.5 Å². The molecule has 2 atom stereocenters. The molecule has 1 aromatic carbocycles. The average Bonchev–Trinajstić information content (AvgIpc) is 3.07. The molecule has 34 heavy (non-hydrogen) atoms. The van der Waals surface area contributed by atoms with Gasteiger partial charge in [-0.1, -0.05) is 0 Å². The zero-order valence-corrected chi connectivity index (χ0v) is 18.6. The summed E-state index contributed by atoms with van der Waals surface area (Å²) in [6.45, 7) is 1.61. The highest BCUT2D eigenvalue weighted by Crippen LogP contribution is 2.38. The van der Waals surface area contributed by atoms with Crippen molar-refractivity contribution in [3.8, 4) is 0 Å². The van der Waals surface area contributed by atoms with Crippen LogP contribution in [0.3, 0.4) is 0 Å². The van der Waals surface area contributed by atoms with Crippen LogP contribution in [-0.2, 0) is 16.1 Å². The molecule has 2 heterocycles. The Bertz CT molecular complexity index is 1030. The second-order valence-electron chi connectivity index (χ2n) is 9.60. The van der Waals surface area contributed by atoms with E-state index in [2.05, 4.69) is 10.6 Å². The third-order valence-corrected chi connectivity index (χ3v) is 7.00. The average molecular weight is 481 g/mol. The predicted octanol–water partition coefficient (Wildman–Crippen LogP) is 2.05. The number of piperidine rings is 1. The van der Waals surface area contributed by atoms with Crippen molar-refractivity contribution in [3.63, 3.8) is 0 Å². The quantitative estimate of drug-likeness (QED) is 0.570. The fourth-order valence-electron chi connectivity index (χ4n) is 5.00. The maximum absolute atomic E-state index is 13.8. The molecule has 3 N–H and O–H groups in total. The van der Waals surface area contributed by atoms with Crippen molar-refractivity contribution in [3.05, 3.63) is 34.9 Å². The van der Waals surface area contributed by atoms with E-state index in [1.807, 2.05) is 0 Å². The molecule has 1 saturated heterocycles. The highest BCUT2D eigenvalue weighted by atomic mass is 19.4. The van der Waals surface area contributed by atoms with E-state index in [0.29, 0.717) is 5.56 Å². The summed E-state index contributed by atoms with van der Waals surface area (Å²) in [4.78, 5) is 50.4. The van der Waals surface area contributed by atoms with E-state index in [1.54, 1.807) is 6.92 Å². The summed E-state index contributed by atoms with van der Waals surface area (Å²) < 4.78 is 41.3. The lowest BCUT2D eigenvalue weighted by Gasteiger charge is -2.37. The van der Waals surface area contributed by atoms with Gasteiger partial charge in [0.05, 0.1) is 5.60 Å². The molecule has 2 fully saturated rings. The van der Waals surface area contributed by atoms with Crippen LogP contribution in [0.4, 0.5) is 13.2 Å². The molecule has 11 heteroatoms. The summed E-state index contributed by atoms with van der Waals surface area (Å²) in [5, 5.41) is 14.4. The minimum absolute atomic E-state index is 0.0158. The highest BCUT2D eigenvalue weighted by Gasteiger charge is 2.47. The number of alkyl halides is 3. The molecular formula is C23H26F3N3O5. The van der Waals surface area contributed by atoms with Crippen LogP contribution in [0.2, 0.25) is 0 Å². The van der Waals surface area contributed by atoms with Crippen LogP contribution in [0.25, 0.3) is 0 Å². The van der Waals surface area contributed by atoms with Gasteiger partial charge in [-0.3, -0.25) is 24.5 Å². The largest absolute Gasteiger partial charge is 0.408 e. The highest BCUT2D eigenvalue weighted by molar-refractivity contribution is 6.06. The Kier molecular flexibility index (Phi) is 6.17. The number of hydrogen-bond donors (Lipinski definition) is 3. The molecule has 0 radical (unpaired) electrons.